The molecule has 0 atom stereocenters. The maximum Gasteiger partial charge on any atom is 0.238 e. The number of hydrogen-bond acceptors (Lipinski definition) is 2. The molecule has 3 rings (SSSR count). The molecule has 1 N–H and O–H groups in total. The highest BCUT2D eigenvalue weighted by Crippen LogP contribution is 2.27. The van der Waals surface area contributed by atoms with Crippen LogP contribution >= 0.6 is 47.0 Å². The Morgan fingerprint density at radius 2 is 1.72 bits per heavy atom. The largest absolute Gasteiger partial charge is 0.867 e. The van der Waals surface area contributed by atoms with E-state index in [2.05, 4.69) is 5.32 Å². The summed E-state index contributed by atoms with van der Waals surface area (Å²) in [5.74, 6) is -0.281. The Labute approximate surface area is 190 Å². The van der Waals surface area contributed by atoms with Crippen molar-refractivity contribution >= 4 is 69.2 Å². The van der Waals surface area contributed by atoms with Crippen LogP contribution in [0.15, 0.2) is 60.9 Å². The molecule has 1 heterocycles. The second-order valence-electron chi connectivity index (χ2n) is 6.46. The second-order valence-corrected chi connectivity index (χ2v) is 8.09. The molecular weight excluding hydrogens is 447 g/mol. The number of aromatic nitrogens is 1. The van der Waals surface area contributed by atoms with Gasteiger partial charge in [0, 0.05) is 22.3 Å². The SMILES string of the molecule is Cc1ccc[n+](/C(C(=S)Nc2cccc(Cl)c2C)=C(/[O-])c2ccc(Cl)c(Cl)c2)c1. The molecule has 0 unspecified atom stereocenters. The zero-order chi connectivity index (χ0) is 21.1. The first-order valence-corrected chi connectivity index (χ1v) is 10.2. The summed E-state index contributed by atoms with van der Waals surface area (Å²) >= 11 is 24.0. The average Bonchev–Trinajstić information content (AvgIpc) is 2.68. The topological polar surface area (TPSA) is 39.0 Å². The van der Waals surface area contributed by atoms with Gasteiger partial charge in [0.2, 0.25) is 5.70 Å². The molecule has 3 aromatic rings. The minimum Gasteiger partial charge on any atom is -0.867 e. The van der Waals surface area contributed by atoms with Crippen molar-refractivity contribution < 1.29 is 9.67 Å². The minimum absolute atomic E-state index is 0.266. The van der Waals surface area contributed by atoms with Crippen LogP contribution in [0.2, 0.25) is 15.1 Å². The number of halogens is 3. The summed E-state index contributed by atoms with van der Waals surface area (Å²) in [4.78, 5) is 0.266. The first-order valence-electron chi connectivity index (χ1n) is 8.69. The van der Waals surface area contributed by atoms with Crippen molar-refractivity contribution in [1.29, 1.82) is 0 Å². The third-order valence-electron chi connectivity index (χ3n) is 4.33. The van der Waals surface area contributed by atoms with Crippen LogP contribution in [0.25, 0.3) is 11.5 Å². The molecule has 0 aliphatic heterocycles. The van der Waals surface area contributed by atoms with E-state index in [0.29, 0.717) is 26.3 Å². The fraction of sp³-hybridized carbons (Fsp3) is 0.0909. The van der Waals surface area contributed by atoms with E-state index in [9.17, 15) is 5.11 Å². The molecule has 148 valence electrons. The van der Waals surface area contributed by atoms with Gasteiger partial charge in [0.1, 0.15) is 0 Å². The average molecular weight is 464 g/mol. The highest BCUT2D eigenvalue weighted by atomic mass is 35.5. The van der Waals surface area contributed by atoms with Crippen LogP contribution in [0.4, 0.5) is 5.69 Å². The first-order chi connectivity index (χ1) is 13.8. The van der Waals surface area contributed by atoms with Crippen LogP contribution in [-0.4, -0.2) is 4.99 Å². The van der Waals surface area contributed by atoms with Crippen LogP contribution < -0.4 is 15.0 Å². The standard InChI is InChI=1S/C22H17Cl3N2OS/c1-13-5-4-10-27(12-13)20(21(28)15-8-9-17(24)18(25)11-15)22(29)26-19-7-3-6-16(23)14(19)2/h3-12H,1-2H3,(H-,26,28,29). The van der Waals surface area contributed by atoms with Gasteiger partial charge in [0.25, 0.3) is 0 Å². The molecule has 2 aromatic carbocycles. The molecule has 0 saturated carbocycles. The van der Waals surface area contributed by atoms with Crippen molar-refractivity contribution in [2.24, 2.45) is 0 Å². The van der Waals surface area contributed by atoms with E-state index in [-0.39, 0.29) is 10.7 Å². The van der Waals surface area contributed by atoms with E-state index < -0.39 is 0 Å². The van der Waals surface area contributed by atoms with Gasteiger partial charge in [0.05, 0.1) is 10.0 Å². The number of rotatable bonds is 4. The third kappa shape index (κ3) is 4.90. The van der Waals surface area contributed by atoms with Gasteiger partial charge < -0.3 is 10.4 Å². The van der Waals surface area contributed by atoms with E-state index in [1.54, 1.807) is 29.0 Å². The molecule has 0 spiro atoms. The third-order valence-corrected chi connectivity index (χ3v) is 5.78. The van der Waals surface area contributed by atoms with Crippen molar-refractivity contribution in [1.82, 2.24) is 0 Å². The summed E-state index contributed by atoms with van der Waals surface area (Å²) in [6.45, 7) is 3.82. The number of aryl methyl sites for hydroxylation is 1. The first kappa shape index (κ1) is 21.6. The lowest BCUT2D eigenvalue weighted by Crippen LogP contribution is -2.40. The fourth-order valence-electron chi connectivity index (χ4n) is 2.77. The summed E-state index contributed by atoms with van der Waals surface area (Å²) in [5, 5.41) is 17.8. The van der Waals surface area contributed by atoms with E-state index in [1.807, 2.05) is 44.3 Å². The van der Waals surface area contributed by atoms with Crippen molar-refractivity contribution in [3.63, 3.8) is 0 Å². The maximum atomic E-state index is 13.4. The van der Waals surface area contributed by atoms with Crippen molar-refractivity contribution in [3.05, 3.63) is 92.7 Å². The van der Waals surface area contributed by atoms with E-state index >= 15 is 0 Å². The quantitative estimate of drug-likeness (QED) is 0.234. The van der Waals surface area contributed by atoms with Gasteiger partial charge in [-0.3, -0.25) is 0 Å². The van der Waals surface area contributed by atoms with Crippen LogP contribution in [0.1, 0.15) is 16.7 Å². The molecule has 1 aromatic heterocycles. The van der Waals surface area contributed by atoms with Crippen LogP contribution in [-0.2, 0) is 0 Å². The molecule has 29 heavy (non-hydrogen) atoms. The lowest BCUT2D eigenvalue weighted by Gasteiger charge is -2.18. The number of anilines is 1. The Morgan fingerprint density at radius 1 is 0.966 bits per heavy atom. The van der Waals surface area contributed by atoms with Gasteiger partial charge in [-0.15, -0.1) is 0 Å². The molecule has 3 nitrogen and oxygen atoms in total. The number of hydrogen-bond donors (Lipinski definition) is 1. The molecule has 0 bridgehead atoms. The predicted molar refractivity (Wildman–Crippen MR) is 123 cm³/mol. The number of pyridine rings is 1. The van der Waals surface area contributed by atoms with Crippen molar-refractivity contribution in [3.8, 4) is 0 Å². The van der Waals surface area contributed by atoms with Crippen LogP contribution in [0.5, 0.6) is 0 Å². The summed E-state index contributed by atoms with van der Waals surface area (Å²) in [6.07, 6.45) is 3.61. The Balaban J connectivity index is 2.13. The lowest BCUT2D eigenvalue weighted by molar-refractivity contribution is -0.578. The molecule has 0 fully saturated rings. The molecule has 0 amide bonds. The summed E-state index contributed by atoms with van der Waals surface area (Å²) in [6, 6.07) is 14.0. The summed E-state index contributed by atoms with van der Waals surface area (Å²) < 4.78 is 1.70. The van der Waals surface area contributed by atoms with Gasteiger partial charge in [-0.25, -0.2) is 0 Å². The highest BCUT2D eigenvalue weighted by molar-refractivity contribution is 7.81. The second kappa shape index (κ2) is 9.14. The van der Waals surface area contributed by atoms with Crippen molar-refractivity contribution in [2.45, 2.75) is 13.8 Å². The number of thiocarbonyl (C=S) groups is 1. The molecule has 0 radical (unpaired) electrons. The Kier molecular flexibility index (Phi) is 6.81. The van der Waals surface area contributed by atoms with Gasteiger partial charge in [0.15, 0.2) is 17.4 Å². The van der Waals surface area contributed by atoms with Crippen LogP contribution in [0.3, 0.4) is 0 Å². The van der Waals surface area contributed by atoms with Gasteiger partial charge in [-0.05, 0) is 61.1 Å². The Bertz CT molecular complexity index is 1130. The maximum absolute atomic E-state index is 13.4. The lowest BCUT2D eigenvalue weighted by atomic mass is 10.1. The molecule has 0 saturated heterocycles. The predicted octanol–water partition coefficient (Wildman–Crippen LogP) is 5.68. The molecule has 7 heteroatoms. The zero-order valence-corrected chi connectivity index (χ0v) is 18.8. The van der Waals surface area contributed by atoms with Crippen molar-refractivity contribution in [2.75, 3.05) is 5.32 Å². The summed E-state index contributed by atoms with van der Waals surface area (Å²) in [7, 11) is 0. The number of benzene rings is 2. The fourth-order valence-corrected chi connectivity index (χ4v) is 3.55. The van der Waals surface area contributed by atoms with Gasteiger partial charge in [-0.1, -0.05) is 59.2 Å². The Hall–Kier alpha value is -2.11. The number of nitrogens with one attached hydrogen (secondary N) is 1. The zero-order valence-electron chi connectivity index (χ0n) is 15.7. The van der Waals surface area contributed by atoms with Gasteiger partial charge >= 0.3 is 0 Å². The summed E-state index contributed by atoms with van der Waals surface area (Å²) in [5.41, 5.74) is 3.23. The Morgan fingerprint density at radius 3 is 2.41 bits per heavy atom. The molecule has 0 aliphatic rings. The minimum atomic E-state index is -0.281. The number of nitrogens with zero attached hydrogens (tertiary/aromatic N) is 1. The van der Waals surface area contributed by atoms with Gasteiger partial charge in [-0.2, -0.15) is 4.57 Å². The normalized spacial score (nSPS) is 11.8. The molecular formula is C22H17Cl3N2OS. The monoisotopic (exact) mass is 462 g/mol. The van der Waals surface area contributed by atoms with Crippen LogP contribution in [0, 0.1) is 13.8 Å². The van der Waals surface area contributed by atoms with E-state index in [0.717, 1.165) is 16.8 Å². The van der Waals surface area contributed by atoms with E-state index in [4.69, 9.17) is 47.0 Å². The highest BCUT2D eigenvalue weighted by Gasteiger charge is 2.20. The van der Waals surface area contributed by atoms with E-state index in [1.165, 1.54) is 6.07 Å². The smallest absolute Gasteiger partial charge is 0.238 e. The molecule has 0 aliphatic carbocycles.